The first-order chi connectivity index (χ1) is 10.2. The summed E-state index contributed by atoms with van der Waals surface area (Å²) < 4.78 is 2.52. The second kappa shape index (κ2) is 6.20. The number of hydrogen-bond donors (Lipinski definition) is 1. The smallest absolute Gasteiger partial charge is 0.251 e. The summed E-state index contributed by atoms with van der Waals surface area (Å²) in [4.78, 5) is 21.2. The molecule has 2 rings (SSSR count). The van der Waals surface area contributed by atoms with Crippen molar-refractivity contribution in [2.24, 2.45) is 0 Å². The molecule has 22 heavy (non-hydrogen) atoms. The van der Waals surface area contributed by atoms with E-state index in [4.69, 9.17) is 0 Å². The molecule has 0 aliphatic rings. The van der Waals surface area contributed by atoms with Crippen LogP contribution in [0.3, 0.4) is 0 Å². The Kier molecular flexibility index (Phi) is 4.70. The van der Waals surface area contributed by atoms with Gasteiger partial charge in [0.15, 0.2) is 0 Å². The molecule has 2 aromatic rings. The number of carbonyl (C=O) groups is 1. The summed E-state index contributed by atoms with van der Waals surface area (Å²) >= 11 is 3.38. The third-order valence-corrected chi connectivity index (χ3v) is 3.37. The molecule has 0 saturated carbocycles. The fourth-order valence-corrected chi connectivity index (χ4v) is 2.51. The van der Waals surface area contributed by atoms with Crippen LogP contribution in [0.15, 0.2) is 29.1 Å². The molecule has 2 heterocycles. The predicted molar refractivity (Wildman–Crippen MR) is 90.4 cm³/mol. The maximum absolute atomic E-state index is 12.4. The van der Waals surface area contributed by atoms with Crippen molar-refractivity contribution < 1.29 is 4.79 Å². The van der Waals surface area contributed by atoms with Crippen LogP contribution in [0, 0.1) is 0 Å². The van der Waals surface area contributed by atoms with Gasteiger partial charge in [-0.25, -0.2) is 9.97 Å². The topological polar surface area (TPSA) is 59.8 Å². The molecule has 0 aliphatic carbocycles. The lowest BCUT2D eigenvalue weighted by Gasteiger charge is -2.21. The van der Waals surface area contributed by atoms with Crippen molar-refractivity contribution in [3.8, 4) is 5.82 Å². The van der Waals surface area contributed by atoms with Crippen LogP contribution in [0.25, 0.3) is 5.82 Å². The van der Waals surface area contributed by atoms with Crippen LogP contribution >= 0.6 is 15.9 Å². The molecule has 6 heteroatoms. The lowest BCUT2D eigenvalue weighted by atomic mass is 10.1. The second-order valence-corrected chi connectivity index (χ2v) is 7.36. The molecule has 0 saturated heterocycles. The summed E-state index contributed by atoms with van der Waals surface area (Å²) in [6.45, 7) is 10.0. The number of aromatic nitrogens is 3. The van der Waals surface area contributed by atoms with Crippen LogP contribution < -0.4 is 5.32 Å². The highest BCUT2D eigenvalue weighted by atomic mass is 79.9. The Morgan fingerprint density at radius 1 is 1.32 bits per heavy atom. The van der Waals surface area contributed by atoms with Crippen molar-refractivity contribution in [1.29, 1.82) is 0 Å². The molecule has 1 amide bonds. The number of nitrogens with one attached hydrogen (secondary N) is 1. The Bertz CT molecular complexity index is 686. The van der Waals surface area contributed by atoms with Gasteiger partial charge < -0.3 is 5.32 Å². The van der Waals surface area contributed by atoms with Gasteiger partial charge >= 0.3 is 0 Å². The van der Waals surface area contributed by atoms with Gasteiger partial charge in [-0.1, -0.05) is 13.8 Å². The van der Waals surface area contributed by atoms with E-state index in [0.29, 0.717) is 16.0 Å². The number of pyridine rings is 1. The van der Waals surface area contributed by atoms with Gasteiger partial charge in [-0.2, -0.15) is 0 Å². The standard InChI is InChI=1S/C16H21BrN4O/c1-10(2)14-18-6-7-21(14)13-9-11(8-12(17)19-13)15(22)20-16(3,4)5/h6-10H,1-5H3,(H,20,22). The summed E-state index contributed by atoms with van der Waals surface area (Å²) in [5.74, 6) is 1.73. The highest BCUT2D eigenvalue weighted by molar-refractivity contribution is 9.10. The zero-order chi connectivity index (χ0) is 16.5. The van der Waals surface area contributed by atoms with Gasteiger partial charge in [0.1, 0.15) is 16.2 Å². The maximum atomic E-state index is 12.4. The van der Waals surface area contributed by atoms with Crippen LogP contribution in [-0.4, -0.2) is 26.0 Å². The predicted octanol–water partition coefficient (Wildman–Crippen LogP) is 3.68. The minimum Gasteiger partial charge on any atom is -0.347 e. The van der Waals surface area contributed by atoms with E-state index in [0.717, 1.165) is 5.82 Å². The van der Waals surface area contributed by atoms with Gasteiger partial charge in [0.2, 0.25) is 0 Å². The van der Waals surface area contributed by atoms with E-state index in [1.165, 1.54) is 0 Å². The molecular weight excluding hydrogens is 344 g/mol. The van der Waals surface area contributed by atoms with Gasteiger partial charge in [0, 0.05) is 29.4 Å². The molecule has 0 unspecified atom stereocenters. The van der Waals surface area contributed by atoms with Crippen molar-refractivity contribution in [2.75, 3.05) is 0 Å². The Hall–Kier alpha value is -1.69. The molecule has 1 N–H and O–H groups in total. The summed E-state index contributed by atoms with van der Waals surface area (Å²) in [6, 6.07) is 3.50. The molecule has 0 atom stereocenters. The summed E-state index contributed by atoms with van der Waals surface area (Å²) in [5, 5.41) is 2.96. The van der Waals surface area contributed by atoms with Gasteiger partial charge in [-0.05, 0) is 48.8 Å². The second-order valence-electron chi connectivity index (χ2n) is 6.55. The molecule has 0 aliphatic heterocycles. The van der Waals surface area contributed by atoms with Gasteiger partial charge in [-0.3, -0.25) is 9.36 Å². The molecule has 0 spiro atoms. The molecule has 0 bridgehead atoms. The fraction of sp³-hybridized carbons (Fsp3) is 0.438. The van der Waals surface area contributed by atoms with Crippen molar-refractivity contribution in [3.05, 3.63) is 40.5 Å². The quantitative estimate of drug-likeness (QED) is 0.844. The number of rotatable bonds is 3. The van der Waals surface area contributed by atoms with Crippen LogP contribution in [0.5, 0.6) is 0 Å². The van der Waals surface area contributed by atoms with E-state index in [-0.39, 0.29) is 17.4 Å². The number of hydrogen-bond acceptors (Lipinski definition) is 3. The lowest BCUT2D eigenvalue weighted by Crippen LogP contribution is -2.40. The average Bonchev–Trinajstić information content (AvgIpc) is 2.85. The van der Waals surface area contributed by atoms with E-state index in [1.807, 2.05) is 31.5 Å². The first-order valence-corrected chi connectivity index (χ1v) is 8.00. The fourth-order valence-electron chi connectivity index (χ4n) is 2.09. The molecule has 118 valence electrons. The van der Waals surface area contributed by atoms with Crippen molar-refractivity contribution in [1.82, 2.24) is 19.9 Å². The zero-order valence-electron chi connectivity index (χ0n) is 13.5. The van der Waals surface area contributed by atoms with Crippen LogP contribution in [0.1, 0.15) is 56.7 Å². The SMILES string of the molecule is CC(C)c1nccn1-c1cc(C(=O)NC(C)(C)C)cc(Br)n1. The Labute approximate surface area is 139 Å². The number of imidazole rings is 1. The van der Waals surface area contributed by atoms with E-state index < -0.39 is 0 Å². The van der Waals surface area contributed by atoms with Crippen LogP contribution in [0.4, 0.5) is 0 Å². The number of amides is 1. The highest BCUT2D eigenvalue weighted by Gasteiger charge is 2.18. The average molecular weight is 365 g/mol. The zero-order valence-corrected chi connectivity index (χ0v) is 15.1. The lowest BCUT2D eigenvalue weighted by molar-refractivity contribution is 0.0919. The summed E-state index contributed by atoms with van der Waals surface area (Å²) in [7, 11) is 0. The van der Waals surface area contributed by atoms with Gasteiger partial charge in [0.25, 0.3) is 5.91 Å². The van der Waals surface area contributed by atoms with E-state index in [9.17, 15) is 4.79 Å². The van der Waals surface area contributed by atoms with Crippen LogP contribution in [0.2, 0.25) is 0 Å². The molecule has 0 fully saturated rings. The number of halogens is 1. The van der Waals surface area contributed by atoms with E-state index in [1.54, 1.807) is 18.3 Å². The summed E-state index contributed by atoms with van der Waals surface area (Å²) in [6.07, 6.45) is 3.60. The summed E-state index contributed by atoms with van der Waals surface area (Å²) in [5.41, 5.74) is 0.278. The number of nitrogens with zero attached hydrogens (tertiary/aromatic N) is 3. The number of carbonyl (C=O) groups excluding carboxylic acids is 1. The first-order valence-electron chi connectivity index (χ1n) is 7.21. The first kappa shape index (κ1) is 16.7. The normalized spacial score (nSPS) is 11.8. The molecule has 0 radical (unpaired) electrons. The van der Waals surface area contributed by atoms with E-state index >= 15 is 0 Å². The van der Waals surface area contributed by atoms with E-state index in [2.05, 4.69) is 45.1 Å². The minimum absolute atomic E-state index is 0.122. The Balaban J connectivity index is 2.43. The minimum atomic E-state index is -0.287. The maximum Gasteiger partial charge on any atom is 0.251 e. The molecular formula is C16H21BrN4O. The Morgan fingerprint density at radius 2 is 2.00 bits per heavy atom. The van der Waals surface area contributed by atoms with Crippen LogP contribution in [-0.2, 0) is 0 Å². The van der Waals surface area contributed by atoms with Crippen molar-refractivity contribution in [3.63, 3.8) is 0 Å². The third-order valence-electron chi connectivity index (χ3n) is 2.96. The largest absolute Gasteiger partial charge is 0.347 e. The van der Waals surface area contributed by atoms with Crippen molar-refractivity contribution in [2.45, 2.75) is 46.1 Å². The van der Waals surface area contributed by atoms with Crippen molar-refractivity contribution >= 4 is 21.8 Å². The highest BCUT2D eigenvalue weighted by Crippen LogP contribution is 2.20. The molecule has 5 nitrogen and oxygen atoms in total. The Morgan fingerprint density at radius 3 is 2.59 bits per heavy atom. The van der Waals surface area contributed by atoms with Gasteiger partial charge in [0.05, 0.1) is 0 Å². The third kappa shape index (κ3) is 3.94. The van der Waals surface area contributed by atoms with Gasteiger partial charge in [-0.15, -0.1) is 0 Å². The molecule has 0 aromatic carbocycles. The molecule has 2 aromatic heterocycles. The monoisotopic (exact) mass is 364 g/mol.